The van der Waals surface area contributed by atoms with Gasteiger partial charge in [-0.05, 0) is 10.4 Å². The van der Waals surface area contributed by atoms with E-state index in [1.165, 1.54) is 0 Å². The van der Waals surface area contributed by atoms with Crippen LogP contribution in [0.15, 0.2) is 5.11 Å². The molecule has 0 aliphatic heterocycles. The fourth-order valence-corrected chi connectivity index (χ4v) is 0. The molecule has 0 aliphatic carbocycles. The molecule has 32 valence electrons. The Morgan fingerprint density at radius 3 is 2.00 bits per heavy atom. The third-order valence-corrected chi connectivity index (χ3v) is 0.0632. The monoisotopic (exact) mass is 163 g/mol. The van der Waals surface area contributed by atoms with Gasteiger partial charge in [0.15, 0.2) is 0 Å². The summed E-state index contributed by atoms with van der Waals surface area (Å²) in [6.07, 6.45) is 0. The molecule has 0 aromatic carbocycles. The predicted molar refractivity (Wildman–Crippen MR) is 14.5 cm³/mol. The fraction of sp³-hybridized carbons (Fsp3) is 0. The van der Waals surface area contributed by atoms with Gasteiger partial charge in [-0.2, -0.15) is 0 Å². The van der Waals surface area contributed by atoms with Gasteiger partial charge in [-0.25, -0.2) is 0 Å². The smallest absolute Gasteiger partial charge is 0.331 e. The molecular formula is CH2AgN3. The zero-order valence-corrected chi connectivity index (χ0v) is 3.83. The molecule has 0 aromatic heterocycles. The van der Waals surface area contributed by atoms with Gasteiger partial charge in [0.25, 0.3) is 0 Å². The van der Waals surface area contributed by atoms with Gasteiger partial charge in [0.05, 0.1) is 0 Å². The van der Waals surface area contributed by atoms with E-state index >= 15 is 0 Å². The van der Waals surface area contributed by atoms with Crippen molar-refractivity contribution in [3.63, 3.8) is 0 Å². The van der Waals surface area contributed by atoms with Crippen molar-refractivity contribution < 1.29 is 22.4 Å². The molecular weight excluding hydrogens is 162 g/mol. The molecule has 0 fully saturated rings. The first-order chi connectivity index (χ1) is 1.91. The summed E-state index contributed by atoms with van der Waals surface area (Å²) in [7, 11) is 2.81. The minimum Gasteiger partial charge on any atom is -0.331 e. The Bertz CT molecular complexity index is 44.9. The summed E-state index contributed by atoms with van der Waals surface area (Å²) in [4.78, 5) is 2.25. The van der Waals surface area contributed by atoms with Gasteiger partial charge in [-0.15, -0.1) is 0 Å². The first kappa shape index (κ1) is 8.87. The molecule has 0 radical (unpaired) electrons. The normalized spacial score (nSPS) is 3.20. The largest absolute Gasteiger partial charge is 1.00 e. The Kier molecular flexibility index (Phi) is 16.1. The predicted octanol–water partition coefficient (Wildman–Crippen LogP) is 1.09. The minimum absolute atomic E-state index is 0. The van der Waals surface area contributed by atoms with E-state index in [-0.39, 0.29) is 22.4 Å². The summed E-state index contributed by atoms with van der Waals surface area (Å²) in [6, 6.07) is 0. The number of hydrogen-bond acceptors (Lipinski definition) is 1. The van der Waals surface area contributed by atoms with Crippen LogP contribution in [0.3, 0.4) is 0 Å². The van der Waals surface area contributed by atoms with Gasteiger partial charge < -0.3 is 7.05 Å². The van der Waals surface area contributed by atoms with Gasteiger partial charge in [0, 0.05) is 0 Å². The molecule has 0 saturated heterocycles. The van der Waals surface area contributed by atoms with E-state index in [1.54, 1.807) is 0 Å². The first-order valence-corrected chi connectivity index (χ1v) is 0.716. The average Bonchev–Trinajstić information content (AvgIpc) is 1.37. The molecule has 0 heterocycles. The maximum atomic E-state index is 7.27. The van der Waals surface area contributed by atoms with Crippen molar-refractivity contribution >= 4 is 0 Å². The topological polar surface area (TPSA) is 48.8 Å². The summed E-state index contributed by atoms with van der Waals surface area (Å²) in [6.45, 7) is 0. The van der Waals surface area contributed by atoms with Crippen LogP contribution in [0, 0.1) is 7.05 Å². The zero-order valence-electron chi connectivity index (χ0n) is 2.35. The number of rotatable bonds is 0. The average molecular weight is 164 g/mol. The van der Waals surface area contributed by atoms with E-state index < -0.39 is 0 Å². The molecule has 0 bridgehead atoms. The second kappa shape index (κ2) is 9.07. The third kappa shape index (κ3) is 17.1. The van der Waals surface area contributed by atoms with E-state index in [0.717, 1.165) is 0 Å². The molecule has 0 atom stereocenters. The Morgan fingerprint density at radius 1 is 1.80 bits per heavy atom. The first-order valence-electron chi connectivity index (χ1n) is 0.716. The van der Waals surface area contributed by atoms with E-state index in [4.69, 9.17) is 5.53 Å². The van der Waals surface area contributed by atoms with Crippen LogP contribution in [0.1, 0.15) is 0 Å². The molecule has 0 rings (SSSR count). The van der Waals surface area contributed by atoms with Crippen LogP contribution in [0.2, 0.25) is 0 Å². The van der Waals surface area contributed by atoms with Crippen molar-refractivity contribution in [2.45, 2.75) is 0 Å². The summed E-state index contributed by atoms with van der Waals surface area (Å²) >= 11 is 0. The Hall–Kier alpha value is -0.0797. The van der Waals surface area contributed by atoms with Gasteiger partial charge in [-0.3, -0.25) is 5.11 Å². The van der Waals surface area contributed by atoms with Crippen molar-refractivity contribution in [1.82, 2.24) is 0 Å². The number of azide groups is 1. The van der Waals surface area contributed by atoms with E-state index in [1.807, 2.05) is 0 Å². The standard InChI is InChI=1S/CH2N3.Ag/c1-3-4-2;/h1H2;/q-1;+1. The second-order valence-corrected chi connectivity index (χ2v) is 0.231. The molecule has 0 aliphatic rings. The van der Waals surface area contributed by atoms with Gasteiger partial charge in [0.2, 0.25) is 0 Å². The van der Waals surface area contributed by atoms with Crippen molar-refractivity contribution in [2.24, 2.45) is 5.11 Å². The Labute approximate surface area is 45.5 Å². The van der Waals surface area contributed by atoms with Crippen LogP contribution >= 0.6 is 0 Å². The summed E-state index contributed by atoms with van der Waals surface area (Å²) in [5.74, 6) is 0. The molecule has 3 nitrogen and oxygen atoms in total. The van der Waals surface area contributed by atoms with Crippen molar-refractivity contribution in [3.8, 4) is 0 Å². The van der Waals surface area contributed by atoms with E-state index in [2.05, 4.69) is 17.1 Å². The zero-order chi connectivity index (χ0) is 3.41. The fourth-order valence-electron chi connectivity index (χ4n) is 0. The van der Waals surface area contributed by atoms with Crippen LogP contribution in [-0.4, -0.2) is 0 Å². The van der Waals surface area contributed by atoms with Crippen LogP contribution in [0.25, 0.3) is 10.4 Å². The minimum atomic E-state index is 0. The van der Waals surface area contributed by atoms with Crippen molar-refractivity contribution in [2.75, 3.05) is 0 Å². The maximum Gasteiger partial charge on any atom is 1.00 e. The quantitative estimate of drug-likeness (QED) is 0.169. The molecule has 0 aromatic rings. The summed E-state index contributed by atoms with van der Waals surface area (Å²) in [5.41, 5.74) is 7.27. The van der Waals surface area contributed by atoms with Crippen molar-refractivity contribution in [3.05, 3.63) is 17.5 Å². The van der Waals surface area contributed by atoms with Gasteiger partial charge in [0.1, 0.15) is 0 Å². The molecule has 0 amide bonds. The van der Waals surface area contributed by atoms with Crippen LogP contribution in [0.5, 0.6) is 0 Å². The number of hydrogen-bond donors (Lipinski definition) is 0. The Balaban J connectivity index is 0. The van der Waals surface area contributed by atoms with E-state index in [9.17, 15) is 0 Å². The van der Waals surface area contributed by atoms with Crippen LogP contribution in [0.4, 0.5) is 0 Å². The van der Waals surface area contributed by atoms with E-state index in [0.29, 0.717) is 0 Å². The molecule has 5 heavy (non-hydrogen) atoms. The van der Waals surface area contributed by atoms with Crippen LogP contribution < -0.4 is 0 Å². The molecule has 0 spiro atoms. The second-order valence-electron chi connectivity index (χ2n) is 0.231. The van der Waals surface area contributed by atoms with Gasteiger partial charge in [-0.1, -0.05) is 0 Å². The SMILES string of the molecule is [Ag+].[CH2-]N=[N+]=[N-]. The molecule has 4 heteroatoms. The molecule has 0 saturated carbocycles. The Morgan fingerprint density at radius 2 is 2.00 bits per heavy atom. The van der Waals surface area contributed by atoms with Gasteiger partial charge >= 0.3 is 22.4 Å². The third-order valence-electron chi connectivity index (χ3n) is 0.0632. The van der Waals surface area contributed by atoms with Crippen molar-refractivity contribution in [1.29, 1.82) is 0 Å². The summed E-state index contributed by atoms with van der Waals surface area (Å²) in [5, 5.41) is 2.67. The maximum absolute atomic E-state index is 7.27. The summed E-state index contributed by atoms with van der Waals surface area (Å²) < 4.78 is 0. The molecule has 0 N–H and O–H groups in total. The molecule has 0 unspecified atom stereocenters. The van der Waals surface area contributed by atoms with Crippen LogP contribution in [-0.2, 0) is 22.4 Å². The number of nitrogens with zero attached hydrogens (tertiary/aromatic N) is 3.